The lowest BCUT2D eigenvalue weighted by Crippen LogP contribution is -2.54. The van der Waals surface area contributed by atoms with Crippen LogP contribution in [0.4, 0.5) is 5.69 Å². The molecule has 2 aromatic carbocycles. The van der Waals surface area contributed by atoms with E-state index >= 15 is 0 Å². The molecule has 0 aliphatic heterocycles. The summed E-state index contributed by atoms with van der Waals surface area (Å²) in [4.78, 5) is 15.3. The molecule has 1 unspecified atom stereocenters. The van der Waals surface area contributed by atoms with Crippen LogP contribution in [0.15, 0.2) is 64.4 Å². The minimum atomic E-state index is -0.184. The number of benzene rings is 2. The summed E-state index contributed by atoms with van der Waals surface area (Å²) in [5.74, 6) is 0.424. The third-order valence-electron chi connectivity index (χ3n) is 4.35. The number of aromatic amines is 1. The Labute approximate surface area is 176 Å². The number of rotatable bonds is 7. The molecule has 2 aromatic heterocycles. The molecule has 0 spiro atoms. The standard InChI is InChI=1S/C20H18ClN5O2S/c21-13-4-3-5-14(9-13)24-18(27)11-29-20-26-25-19(28-20)16(22)8-12-10-23-17-7-2-1-6-15(12)17/h1-7,9-10,16,23H,8,11,22H2,(H,24,27)/p+1. The zero-order chi connectivity index (χ0) is 20.2. The highest BCUT2D eigenvalue weighted by Gasteiger charge is 2.20. The monoisotopic (exact) mass is 428 g/mol. The van der Waals surface area contributed by atoms with Crippen molar-refractivity contribution in [3.05, 3.63) is 71.2 Å². The molecule has 4 rings (SSSR count). The molecule has 1 amide bonds. The number of aromatic nitrogens is 3. The van der Waals surface area contributed by atoms with E-state index in [1.807, 2.05) is 24.4 Å². The fourth-order valence-electron chi connectivity index (χ4n) is 2.99. The summed E-state index contributed by atoms with van der Waals surface area (Å²) in [5.41, 5.74) is 7.03. The average molecular weight is 429 g/mol. The number of nitrogens with one attached hydrogen (secondary N) is 2. The first-order valence-corrected chi connectivity index (χ1v) is 10.3. The van der Waals surface area contributed by atoms with Crippen LogP contribution in [0.25, 0.3) is 10.9 Å². The number of quaternary nitrogens is 1. The van der Waals surface area contributed by atoms with Crippen molar-refractivity contribution in [2.24, 2.45) is 0 Å². The lowest BCUT2D eigenvalue weighted by molar-refractivity contribution is -0.431. The first kappa shape index (κ1) is 19.5. The Hall–Kier alpha value is -2.81. The lowest BCUT2D eigenvalue weighted by atomic mass is 10.1. The van der Waals surface area contributed by atoms with Crippen molar-refractivity contribution >= 4 is 45.9 Å². The predicted molar refractivity (Wildman–Crippen MR) is 113 cm³/mol. The van der Waals surface area contributed by atoms with Gasteiger partial charge in [-0.2, -0.15) is 0 Å². The third kappa shape index (κ3) is 4.79. The summed E-state index contributed by atoms with van der Waals surface area (Å²) in [7, 11) is 0. The number of amides is 1. The number of H-pyrrole nitrogens is 1. The Morgan fingerprint density at radius 1 is 1.24 bits per heavy atom. The summed E-state index contributed by atoms with van der Waals surface area (Å²) in [5, 5.41) is 13.0. The quantitative estimate of drug-likeness (QED) is 0.390. The van der Waals surface area contributed by atoms with Gasteiger partial charge in [-0.3, -0.25) is 4.79 Å². The number of para-hydroxylation sites is 1. The topological polar surface area (TPSA) is 111 Å². The summed E-state index contributed by atoms with van der Waals surface area (Å²) in [6.07, 6.45) is 2.65. The van der Waals surface area contributed by atoms with Gasteiger partial charge in [0.05, 0.1) is 5.75 Å². The van der Waals surface area contributed by atoms with Crippen LogP contribution in [0.2, 0.25) is 5.02 Å². The average Bonchev–Trinajstić information content (AvgIpc) is 3.34. The fourth-order valence-corrected chi connectivity index (χ4v) is 3.75. The maximum absolute atomic E-state index is 12.1. The highest BCUT2D eigenvalue weighted by atomic mass is 35.5. The Morgan fingerprint density at radius 2 is 2.10 bits per heavy atom. The van der Waals surface area contributed by atoms with Crippen molar-refractivity contribution < 1.29 is 14.9 Å². The normalized spacial score (nSPS) is 12.2. The Bertz CT molecular complexity index is 1140. The number of carbonyl (C=O) groups excluding carboxylic acids is 1. The lowest BCUT2D eigenvalue weighted by Gasteiger charge is -2.04. The smallest absolute Gasteiger partial charge is 0.277 e. The van der Waals surface area contributed by atoms with Gasteiger partial charge in [-0.1, -0.05) is 47.6 Å². The van der Waals surface area contributed by atoms with E-state index in [4.69, 9.17) is 16.0 Å². The van der Waals surface area contributed by atoms with Gasteiger partial charge in [-0.05, 0) is 29.8 Å². The molecule has 7 nitrogen and oxygen atoms in total. The van der Waals surface area contributed by atoms with Crippen LogP contribution in [-0.4, -0.2) is 26.8 Å². The van der Waals surface area contributed by atoms with Gasteiger partial charge >= 0.3 is 0 Å². The number of hydrogen-bond acceptors (Lipinski definition) is 5. The molecule has 5 N–H and O–H groups in total. The molecule has 4 aromatic rings. The predicted octanol–water partition coefficient (Wildman–Crippen LogP) is 3.46. The Kier molecular flexibility index (Phi) is 5.84. The van der Waals surface area contributed by atoms with Gasteiger partial charge in [-0.15, -0.1) is 10.2 Å². The SMILES string of the molecule is [NH3+]C(Cc1c[nH]c2ccccc12)c1nnc(SCC(=O)Nc2cccc(Cl)c2)o1. The molecule has 0 aliphatic carbocycles. The number of hydrogen-bond donors (Lipinski definition) is 3. The van der Waals surface area contributed by atoms with E-state index in [0.29, 0.717) is 28.2 Å². The van der Waals surface area contributed by atoms with E-state index < -0.39 is 0 Å². The molecule has 29 heavy (non-hydrogen) atoms. The van der Waals surface area contributed by atoms with E-state index in [2.05, 4.69) is 32.3 Å². The molecule has 0 radical (unpaired) electrons. The minimum Gasteiger partial charge on any atom is -0.410 e. The number of halogens is 1. The first-order valence-electron chi connectivity index (χ1n) is 8.98. The van der Waals surface area contributed by atoms with Crippen LogP contribution in [0, 0.1) is 0 Å². The number of thioether (sulfide) groups is 1. The molecule has 9 heteroatoms. The van der Waals surface area contributed by atoms with Crippen LogP contribution in [0.5, 0.6) is 0 Å². The third-order valence-corrected chi connectivity index (χ3v) is 5.40. The van der Waals surface area contributed by atoms with E-state index in [1.165, 1.54) is 11.8 Å². The van der Waals surface area contributed by atoms with Crippen LogP contribution in [0.1, 0.15) is 17.5 Å². The van der Waals surface area contributed by atoms with Gasteiger partial charge in [0.2, 0.25) is 5.91 Å². The molecule has 1 atom stereocenters. The van der Waals surface area contributed by atoms with Gasteiger partial charge in [0.1, 0.15) is 0 Å². The summed E-state index contributed by atoms with van der Waals surface area (Å²) in [6, 6.07) is 14.9. The van der Waals surface area contributed by atoms with E-state index in [-0.39, 0.29) is 17.7 Å². The highest BCUT2D eigenvalue weighted by Crippen LogP contribution is 2.24. The van der Waals surface area contributed by atoms with Crippen molar-refractivity contribution in [1.82, 2.24) is 15.2 Å². The highest BCUT2D eigenvalue weighted by molar-refractivity contribution is 7.99. The zero-order valence-corrected chi connectivity index (χ0v) is 17.0. The minimum absolute atomic E-state index is 0.151. The van der Waals surface area contributed by atoms with Gasteiger partial charge < -0.3 is 20.5 Å². The van der Waals surface area contributed by atoms with Crippen molar-refractivity contribution in [2.75, 3.05) is 11.1 Å². The molecule has 0 bridgehead atoms. The van der Waals surface area contributed by atoms with Crippen molar-refractivity contribution in [2.45, 2.75) is 17.7 Å². The summed E-state index contributed by atoms with van der Waals surface area (Å²) < 4.78 is 5.69. The molecule has 2 heterocycles. The van der Waals surface area contributed by atoms with Gasteiger partial charge in [0, 0.05) is 34.2 Å². The second-order valence-electron chi connectivity index (χ2n) is 6.51. The summed E-state index contributed by atoms with van der Waals surface area (Å²) in [6.45, 7) is 0. The largest absolute Gasteiger partial charge is 0.410 e. The van der Waals surface area contributed by atoms with Crippen molar-refractivity contribution in [3.8, 4) is 0 Å². The van der Waals surface area contributed by atoms with Crippen LogP contribution in [0.3, 0.4) is 0 Å². The molecule has 148 valence electrons. The molecular formula is C20H19ClN5O2S+. The maximum Gasteiger partial charge on any atom is 0.277 e. The van der Waals surface area contributed by atoms with E-state index in [9.17, 15) is 4.79 Å². The van der Waals surface area contributed by atoms with Crippen molar-refractivity contribution in [1.29, 1.82) is 0 Å². The van der Waals surface area contributed by atoms with Crippen LogP contribution in [-0.2, 0) is 11.2 Å². The van der Waals surface area contributed by atoms with E-state index in [0.717, 1.165) is 16.5 Å². The van der Waals surface area contributed by atoms with Crippen LogP contribution >= 0.6 is 23.4 Å². The second kappa shape index (κ2) is 8.69. The van der Waals surface area contributed by atoms with E-state index in [1.54, 1.807) is 24.3 Å². The maximum atomic E-state index is 12.1. The summed E-state index contributed by atoms with van der Waals surface area (Å²) >= 11 is 7.10. The molecular weight excluding hydrogens is 410 g/mol. The molecule has 0 aliphatic rings. The number of nitrogens with zero attached hydrogens (tertiary/aromatic N) is 2. The number of carbonyl (C=O) groups is 1. The molecule has 0 fully saturated rings. The Morgan fingerprint density at radius 3 is 2.97 bits per heavy atom. The Balaban J connectivity index is 1.33. The fraction of sp³-hybridized carbons (Fsp3) is 0.150. The number of fused-ring (bicyclic) bond motifs is 1. The first-order chi connectivity index (χ1) is 14.1. The number of anilines is 1. The van der Waals surface area contributed by atoms with Crippen molar-refractivity contribution in [3.63, 3.8) is 0 Å². The van der Waals surface area contributed by atoms with Crippen LogP contribution < -0.4 is 11.1 Å². The molecule has 0 saturated carbocycles. The van der Waals surface area contributed by atoms with Gasteiger partial charge in [0.25, 0.3) is 11.1 Å². The zero-order valence-electron chi connectivity index (χ0n) is 15.4. The second-order valence-corrected chi connectivity index (χ2v) is 7.88. The molecule has 0 saturated heterocycles. The van der Waals surface area contributed by atoms with Gasteiger partial charge in [0.15, 0.2) is 6.04 Å². The van der Waals surface area contributed by atoms with Gasteiger partial charge in [-0.25, -0.2) is 0 Å².